The van der Waals surface area contributed by atoms with Crippen LogP contribution in [0.5, 0.6) is 5.75 Å². The van der Waals surface area contributed by atoms with E-state index in [4.69, 9.17) is 14.2 Å². The number of ether oxygens (including phenoxy) is 3. The van der Waals surface area contributed by atoms with Crippen molar-refractivity contribution in [2.45, 2.75) is 70.3 Å². The molecule has 6 heteroatoms. The number of benzene rings is 1. The van der Waals surface area contributed by atoms with Gasteiger partial charge in [0.25, 0.3) is 5.91 Å². The molecular weight excluding hydrogens is 344 g/mol. The number of nitrogens with one attached hydrogen (secondary N) is 1. The van der Waals surface area contributed by atoms with Gasteiger partial charge in [-0.2, -0.15) is 0 Å². The van der Waals surface area contributed by atoms with Crippen LogP contribution in [0, 0.1) is 0 Å². The molecule has 6 nitrogen and oxygen atoms in total. The first kappa shape index (κ1) is 18.6. The second-order valence-corrected chi connectivity index (χ2v) is 8.19. The molecule has 1 aliphatic carbocycles. The fourth-order valence-electron chi connectivity index (χ4n) is 3.62. The van der Waals surface area contributed by atoms with Crippen LogP contribution >= 0.6 is 0 Å². The summed E-state index contributed by atoms with van der Waals surface area (Å²) >= 11 is 0. The maximum atomic E-state index is 13.0. The Labute approximate surface area is 161 Å². The SMILES string of the molecule is CC1(C)Oc2ccc(NC3CC3)cc2N(CCCOC2CCCCO2)C1=O. The standard InChI is InChI=1S/C21H30N2O4/c1-21(2)20(24)23(11-5-13-26-19-6-3-4-12-25-19)17-14-16(22-15-7-8-15)9-10-18(17)27-21/h9-10,14-15,19,22H,3-8,11-13H2,1-2H3. The van der Waals surface area contributed by atoms with Crippen LogP contribution in [0.3, 0.4) is 0 Å². The van der Waals surface area contributed by atoms with Gasteiger partial charge in [-0.05, 0) is 70.6 Å². The minimum Gasteiger partial charge on any atom is -0.476 e. The van der Waals surface area contributed by atoms with E-state index in [1.54, 1.807) is 0 Å². The molecule has 27 heavy (non-hydrogen) atoms. The van der Waals surface area contributed by atoms with Crippen LogP contribution in [0.4, 0.5) is 11.4 Å². The summed E-state index contributed by atoms with van der Waals surface area (Å²) in [6.07, 6.45) is 6.34. The van der Waals surface area contributed by atoms with Crippen LogP contribution in [0.25, 0.3) is 0 Å². The third-order valence-electron chi connectivity index (χ3n) is 5.29. The highest BCUT2D eigenvalue weighted by Crippen LogP contribution is 2.40. The first-order chi connectivity index (χ1) is 13.0. The molecule has 1 saturated heterocycles. The molecule has 2 aliphatic heterocycles. The van der Waals surface area contributed by atoms with Crippen molar-refractivity contribution >= 4 is 17.3 Å². The highest BCUT2D eigenvalue weighted by atomic mass is 16.7. The summed E-state index contributed by atoms with van der Waals surface area (Å²) in [6.45, 7) is 5.64. The van der Waals surface area contributed by atoms with E-state index in [9.17, 15) is 4.79 Å². The summed E-state index contributed by atoms with van der Waals surface area (Å²) in [5, 5.41) is 3.50. The lowest BCUT2D eigenvalue weighted by Crippen LogP contribution is -2.52. The molecule has 1 unspecified atom stereocenters. The quantitative estimate of drug-likeness (QED) is 0.738. The van der Waals surface area contributed by atoms with Crippen LogP contribution in [0.15, 0.2) is 18.2 Å². The number of anilines is 2. The van der Waals surface area contributed by atoms with Crippen molar-refractivity contribution in [1.29, 1.82) is 0 Å². The number of rotatable bonds is 7. The molecule has 148 valence electrons. The van der Waals surface area contributed by atoms with Crippen LogP contribution < -0.4 is 15.0 Å². The van der Waals surface area contributed by atoms with Gasteiger partial charge in [0.15, 0.2) is 11.9 Å². The molecule has 1 N–H and O–H groups in total. The smallest absolute Gasteiger partial charge is 0.270 e. The molecule has 0 bridgehead atoms. The third kappa shape index (κ3) is 4.38. The van der Waals surface area contributed by atoms with Gasteiger partial charge in [0, 0.05) is 24.9 Å². The molecule has 2 fully saturated rings. The summed E-state index contributed by atoms with van der Waals surface area (Å²) in [4.78, 5) is 14.8. The normalized spacial score (nSPS) is 24.3. The Morgan fingerprint density at radius 1 is 1.26 bits per heavy atom. The van der Waals surface area contributed by atoms with Crippen molar-refractivity contribution in [3.05, 3.63) is 18.2 Å². The zero-order chi connectivity index (χ0) is 18.9. The van der Waals surface area contributed by atoms with E-state index in [0.717, 1.165) is 49.4 Å². The Hall–Kier alpha value is -1.79. The number of hydrogen-bond acceptors (Lipinski definition) is 5. The molecular formula is C21H30N2O4. The van der Waals surface area contributed by atoms with Crippen molar-refractivity contribution in [2.75, 3.05) is 30.0 Å². The highest BCUT2D eigenvalue weighted by molar-refractivity contribution is 6.02. The Morgan fingerprint density at radius 3 is 2.85 bits per heavy atom. The van der Waals surface area contributed by atoms with Gasteiger partial charge in [-0.15, -0.1) is 0 Å². The predicted octanol–water partition coefficient (Wildman–Crippen LogP) is 3.70. The lowest BCUT2D eigenvalue weighted by Gasteiger charge is -2.39. The summed E-state index contributed by atoms with van der Waals surface area (Å²) in [6, 6.07) is 6.60. The summed E-state index contributed by atoms with van der Waals surface area (Å²) in [7, 11) is 0. The topological polar surface area (TPSA) is 60.0 Å². The first-order valence-corrected chi connectivity index (χ1v) is 10.2. The molecule has 2 heterocycles. The molecule has 3 aliphatic rings. The number of carbonyl (C=O) groups excluding carboxylic acids is 1. The Morgan fingerprint density at radius 2 is 2.11 bits per heavy atom. The van der Waals surface area contributed by atoms with Crippen LogP contribution in [-0.4, -0.2) is 43.6 Å². The Bertz CT molecular complexity index is 681. The second-order valence-electron chi connectivity index (χ2n) is 8.19. The van der Waals surface area contributed by atoms with Gasteiger partial charge in [-0.25, -0.2) is 0 Å². The molecule has 4 rings (SSSR count). The van der Waals surface area contributed by atoms with Crippen molar-refractivity contribution in [1.82, 2.24) is 0 Å². The van der Waals surface area contributed by atoms with E-state index in [0.29, 0.717) is 19.2 Å². The zero-order valence-electron chi connectivity index (χ0n) is 16.3. The van der Waals surface area contributed by atoms with E-state index in [1.807, 2.05) is 36.9 Å². The van der Waals surface area contributed by atoms with Crippen LogP contribution in [-0.2, 0) is 14.3 Å². The van der Waals surface area contributed by atoms with E-state index < -0.39 is 5.60 Å². The summed E-state index contributed by atoms with van der Waals surface area (Å²) < 4.78 is 17.4. The van der Waals surface area contributed by atoms with Crippen molar-refractivity contribution < 1.29 is 19.0 Å². The van der Waals surface area contributed by atoms with Crippen LogP contribution in [0.1, 0.15) is 52.4 Å². The Kier molecular flexibility index (Phi) is 5.28. The zero-order valence-corrected chi connectivity index (χ0v) is 16.3. The van der Waals surface area contributed by atoms with E-state index >= 15 is 0 Å². The third-order valence-corrected chi connectivity index (χ3v) is 5.29. The first-order valence-electron chi connectivity index (χ1n) is 10.2. The minimum absolute atomic E-state index is 0.00696. The van der Waals surface area contributed by atoms with Crippen LogP contribution in [0.2, 0.25) is 0 Å². The van der Waals surface area contributed by atoms with E-state index in [-0.39, 0.29) is 12.2 Å². The molecule has 0 aromatic heterocycles. The molecule has 1 aromatic carbocycles. The highest BCUT2D eigenvalue weighted by Gasteiger charge is 2.40. The van der Waals surface area contributed by atoms with E-state index in [2.05, 4.69) is 5.32 Å². The van der Waals surface area contributed by atoms with Gasteiger partial charge in [0.05, 0.1) is 12.3 Å². The van der Waals surface area contributed by atoms with Gasteiger partial charge in [-0.1, -0.05) is 0 Å². The fourth-order valence-corrected chi connectivity index (χ4v) is 3.62. The van der Waals surface area contributed by atoms with Gasteiger partial charge in [0.1, 0.15) is 5.75 Å². The minimum atomic E-state index is -0.855. The monoisotopic (exact) mass is 374 g/mol. The number of fused-ring (bicyclic) bond motifs is 1. The molecule has 1 amide bonds. The average Bonchev–Trinajstić information content (AvgIpc) is 3.47. The summed E-state index contributed by atoms with van der Waals surface area (Å²) in [5.41, 5.74) is 1.04. The van der Waals surface area contributed by atoms with Crippen molar-refractivity contribution in [2.24, 2.45) is 0 Å². The number of hydrogen-bond donors (Lipinski definition) is 1. The second kappa shape index (κ2) is 7.68. The molecule has 1 atom stereocenters. The van der Waals surface area contributed by atoms with Gasteiger partial charge < -0.3 is 24.4 Å². The van der Waals surface area contributed by atoms with Gasteiger partial charge in [-0.3, -0.25) is 4.79 Å². The van der Waals surface area contributed by atoms with Crippen molar-refractivity contribution in [3.63, 3.8) is 0 Å². The predicted molar refractivity (Wildman–Crippen MR) is 104 cm³/mol. The number of nitrogens with zero attached hydrogens (tertiary/aromatic N) is 1. The average molecular weight is 374 g/mol. The fraction of sp³-hybridized carbons (Fsp3) is 0.667. The van der Waals surface area contributed by atoms with Gasteiger partial charge in [0.2, 0.25) is 0 Å². The van der Waals surface area contributed by atoms with Gasteiger partial charge >= 0.3 is 0 Å². The Balaban J connectivity index is 1.42. The summed E-state index contributed by atoms with van der Waals surface area (Å²) in [5.74, 6) is 0.755. The molecule has 0 spiro atoms. The number of amides is 1. The molecule has 1 saturated carbocycles. The van der Waals surface area contributed by atoms with E-state index in [1.165, 1.54) is 12.8 Å². The molecule has 0 radical (unpaired) electrons. The largest absolute Gasteiger partial charge is 0.476 e. The van der Waals surface area contributed by atoms with Crippen molar-refractivity contribution in [3.8, 4) is 5.75 Å². The lowest BCUT2D eigenvalue weighted by molar-refractivity contribution is -0.162. The maximum absolute atomic E-state index is 13.0. The molecule has 1 aromatic rings. The number of carbonyl (C=O) groups is 1. The lowest BCUT2D eigenvalue weighted by atomic mass is 10.0. The maximum Gasteiger partial charge on any atom is 0.270 e.